The summed E-state index contributed by atoms with van der Waals surface area (Å²) in [5.74, 6) is -0.722. The number of carbonyl (C=O) groups excluding carboxylic acids is 2. The lowest BCUT2D eigenvalue weighted by Crippen LogP contribution is -2.41. The van der Waals surface area contributed by atoms with E-state index in [0.717, 1.165) is 4.57 Å². The molecule has 0 saturated carbocycles. The van der Waals surface area contributed by atoms with Crippen LogP contribution in [0.3, 0.4) is 0 Å². The minimum atomic E-state index is -0.607. The summed E-state index contributed by atoms with van der Waals surface area (Å²) in [7, 11) is 1.67. The second kappa shape index (κ2) is 8.25. The number of para-hydroxylation sites is 1. The van der Waals surface area contributed by atoms with E-state index in [2.05, 4.69) is 4.98 Å². The van der Waals surface area contributed by atoms with Crippen molar-refractivity contribution in [2.45, 2.75) is 19.8 Å². The Morgan fingerprint density at radius 3 is 2.45 bits per heavy atom. The highest BCUT2D eigenvalue weighted by atomic mass is 16.5. The SMILES string of the molecule is CCOC(=O)C1CCN(C(=O)c2cn(C)c3c(=O)n(-c4ccccc4)c(=O)[nH]c23)CC1. The van der Waals surface area contributed by atoms with Gasteiger partial charge in [0.1, 0.15) is 5.52 Å². The molecule has 0 unspecified atom stereocenters. The normalized spacial score (nSPS) is 14.7. The predicted molar refractivity (Wildman–Crippen MR) is 114 cm³/mol. The van der Waals surface area contributed by atoms with Crippen molar-refractivity contribution < 1.29 is 14.3 Å². The van der Waals surface area contributed by atoms with Crippen LogP contribution >= 0.6 is 0 Å². The Hall–Kier alpha value is -3.62. The maximum Gasteiger partial charge on any atom is 0.333 e. The fourth-order valence-electron chi connectivity index (χ4n) is 4.09. The maximum absolute atomic E-state index is 13.2. The third kappa shape index (κ3) is 3.67. The number of H-pyrrole nitrogens is 1. The first-order chi connectivity index (χ1) is 14.9. The highest BCUT2D eigenvalue weighted by Gasteiger charge is 2.30. The Bertz CT molecular complexity index is 1250. The van der Waals surface area contributed by atoms with Crippen LogP contribution in [-0.2, 0) is 16.6 Å². The van der Waals surface area contributed by atoms with Crippen LogP contribution in [0.1, 0.15) is 30.1 Å². The lowest BCUT2D eigenvalue weighted by Gasteiger charge is -2.30. The lowest BCUT2D eigenvalue weighted by atomic mass is 9.96. The average molecular weight is 424 g/mol. The van der Waals surface area contributed by atoms with E-state index in [1.807, 2.05) is 0 Å². The number of esters is 1. The van der Waals surface area contributed by atoms with Crippen LogP contribution in [0.2, 0.25) is 0 Å². The molecule has 9 heteroatoms. The molecule has 1 fully saturated rings. The lowest BCUT2D eigenvalue weighted by molar-refractivity contribution is -0.149. The number of aromatic nitrogens is 3. The number of nitrogens with one attached hydrogen (secondary N) is 1. The Kier molecular flexibility index (Phi) is 5.50. The van der Waals surface area contributed by atoms with Gasteiger partial charge in [-0.1, -0.05) is 18.2 Å². The van der Waals surface area contributed by atoms with Gasteiger partial charge in [0.05, 0.1) is 29.3 Å². The van der Waals surface area contributed by atoms with Gasteiger partial charge in [-0.3, -0.25) is 14.4 Å². The number of amides is 1. The molecule has 162 valence electrons. The van der Waals surface area contributed by atoms with E-state index in [9.17, 15) is 19.2 Å². The van der Waals surface area contributed by atoms with Crippen molar-refractivity contribution in [3.63, 3.8) is 0 Å². The van der Waals surface area contributed by atoms with Gasteiger partial charge in [0, 0.05) is 26.3 Å². The molecule has 1 aromatic carbocycles. The molecule has 9 nitrogen and oxygen atoms in total. The van der Waals surface area contributed by atoms with Crippen molar-refractivity contribution in [3.05, 3.63) is 62.9 Å². The Labute approximate surface area is 177 Å². The Balaban J connectivity index is 1.67. The van der Waals surface area contributed by atoms with Crippen molar-refractivity contribution in [1.82, 2.24) is 19.0 Å². The molecule has 1 amide bonds. The van der Waals surface area contributed by atoms with Gasteiger partial charge in [-0.2, -0.15) is 0 Å². The van der Waals surface area contributed by atoms with Gasteiger partial charge in [0.2, 0.25) is 0 Å². The van der Waals surface area contributed by atoms with Crippen molar-refractivity contribution in [2.75, 3.05) is 19.7 Å². The van der Waals surface area contributed by atoms with E-state index in [1.165, 1.54) is 0 Å². The van der Waals surface area contributed by atoms with Gasteiger partial charge in [0.15, 0.2) is 0 Å². The van der Waals surface area contributed by atoms with Crippen LogP contribution < -0.4 is 11.2 Å². The largest absolute Gasteiger partial charge is 0.466 e. The second-order valence-electron chi connectivity index (χ2n) is 7.60. The Morgan fingerprint density at radius 1 is 1.13 bits per heavy atom. The monoisotopic (exact) mass is 424 g/mol. The van der Waals surface area contributed by atoms with Crippen LogP contribution in [-0.4, -0.2) is 50.6 Å². The number of carbonyl (C=O) groups is 2. The van der Waals surface area contributed by atoms with E-state index >= 15 is 0 Å². The van der Waals surface area contributed by atoms with Gasteiger partial charge < -0.3 is 19.2 Å². The van der Waals surface area contributed by atoms with Crippen molar-refractivity contribution in [2.24, 2.45) is 13.0 Å². The van der Waals surface area contributed by atoms with E-state index in [0.29, 0.717) is 38.2 Å². The van der Waals surface area contributed by atoms with E-state index < -0.39 is 11.2 Å². The van der Waals surface area contributed by atoms with Gasteiger partial charge in [-0.25, -0.2) is 9.36 Å². The van der Waals surface area contributed by atoms with Crippen LogP contribution in [0, 0.1) is 5.92 Å². The second-order valence-corrected chi connectivity index (χ2v) is 7.60. The van der Waals surface area contributed by atoms with Crippen molar-refractivity contribution in [1.29, 1.82) is 0 Å². The number of aryl methyl sites for hydroxylation is 1. The molecule has 1 aliphatic heterocycles. The standard InChI is InChI=1S/C22H24N4O5/c1-3-31-21(29)14-9-11-25(12-10-14)19(27)16-13-24(2)18-17(16)23-22(30)26(20(18)28)15-7-5-4-6-8-15/h4-8,13-14H,3,9-12H2,1-2H3,(H,23,30). The highest BCUT2D eigenvalue weighted by molar-refractivity contribution is 6.05. The van der Waals surface area contributed by atoms with Gasteiger partial charge in [-0.15, -0.1) is 0 Å². The predicted octanol–water partition coefficient (Wildman–Crippen LogP) is 1.43. The molecule has 0 radical (unpaired) electrons. The molecule has 1 N–H and O–H groups in total. The first-order valence-corrected chi connectivity index (χ1v) is 10.3. The molecule has 0 aliphatic carbocycles. The smallest absolute Gasteiger partial charge is 0.333 e. The van der Waals surface area contributed by atoms with Crippen LogP contribution in [0.25, 0.3) is 16.7 Å². The van der Waals surface area contributed by atoms with E-state index in [1.54, 1.807) is 60.0 Å². The summed E-state index contributed by atoms with van der Waals surface area (Å²) in [4.78, 5) is 55.3. The quantitative estimate of drug-likeness (QED) is 0.638. The molecule has 1 aliphatic rings. The zero-order chi connectivity index (χ0) is 22.1. The average Bonchev–Trinajstić information content (AvgIpc) is 3.10. The number of benzene rings is 1. The summed E-state index contributed by atoms with van der Waals surface area (Å²) in [5.41, 5.74) is 0.0835. The number of ether oxygens (including phenoxy) is 1. The minimum absolute atomic E-state index is 0.214. The topological polar surface area (TPSA) is 106 Å². The van der Waals surface area contributed by atoms with E-state index in [-0.39, 0.29) is 34.4 Å². The van der Waals surface area contributed by atoms with Crippen LogP contribution in [0.5, 0.6) is 0 Å². The molecule has 0 bridgehead atoms. The summed E-state index contributed by atoms with van der Waals surface area (Å²) in [6.07, 6.45) is 2.61. The molecule has 3 aromatic rings. The molecule has 1 saturated heterocycles. The molecule has 4 rings (SSSR count). The Morgan fingerprint density at radius 2 is 1.81 bits per heavy atom. The first kappa shape index (κ1) is 20.6. The molecule has 31 heavy (non-hydrogen) atoms. The van der Waals surface area contributed by atoms with Gasteiger partial charge in [-0.05, 0) is 31.9 Å². The minimum Gasteiger partial charge on any atom is -0.466 e. The summed E-state index contributed by atoms with van der Waals surface area (Å²) < 4.78 is 7.69. The molecule has 3 heterocycles. The summed E-state index contributed by atoms with van der Waals surface area (Å²) >= 11 is 0. The molecule has 0 atom stereocenters. The van der Waals surface area contributed by atoms with Gasteiger partial charge >= 0.3 is 11.7 Å². The number of piperidine rings is 1. The van der Waals surface area contributed by atoms with E-state index in [4.69, 9.17) is 4.74 Å². The maximum atomic E-state index is 13.2. The number of nitrogens with zero attached hydrogens (tertiary/aromatic N) is 3. The first-order valence-electron chi connectivity index (χ1n) is 10.3. The number of likely N-dealkylation sites (tertiary alicyclic amines) is 1. The zero-order valence-corrected chi connectivity index (χ0v) is 17.5. The molecular weight excluding hydrogens is 400 g/mol. The number of hydrogen-bond donors (Lipinski definition) is 1. The van der Waals surface area contributed by atoms with Crippen LogP contribution in [0.4, 0.5) is 0 Å². The summed E-state index contributed by atoms with van der Waals surface area (Å²) in [6, 6.07) is 8.62. The number of rotatable bonds is 4. The fraction of sp³-hybridized carbons (Fsp3) is 0.364. The number of aromatic amines is 1. The fourth-order valence-corrected chi connectivity index (χ4v) is 4.09. The molecule has 0 spiro atoms. The van der Waals surface area contributed by atoms with Crippen molar-refractivity contribution in [3.8, 4) is 5.69 Å². The summed E-state index contributed by atoms with van der Waals surface area (Å²) in [5, 5.41) is 0. The van der Waals surface area contributed by atoms with Crippen molar-refractivity contribution >= 4 is 22.9 Å². The number of hydrogen-bond acceptors (Lipinski definition) is 5. The van der Waals surface area contributed by atoms with Crippen LogP contribution in [0.15, 0.2) is 46.1 Å². The molecule has 2 aromatic heterocycles. The third-order valence-electron chi connectivity index (χ3n) is 5.67. The third-order valence-corrected chi connectivity index (χ3v) is 5.67. The highest BCUT2D eigenvalue weighted by Crippen LogP contribution is 2.23. The molecular formula is C22H24N4O5. The zero-order valence-electron chi connectivity index (χ0n) is 17.5. The number of fused-ring (bicyclic) bond motifs is 1. The summed E-state index contributed by atoms with van der Waals surface area (Å²) in [6.45, 7) is 2.92. The van der Waals surface area contributed by atoms with Gasteiger partial charge in [0.25, 0.3) is 11.5 Å².